The van der Waals surface area contributed by atoms with E-state index >= 15 is 0 Å². The first kappa shape index (κ1) is 29.7. The fourth-order valence-electron chi connectivity index (χ4n) is 2.51. The number of aliphatic hydroxyl groups excluding tert-OH is 1. The first-order valence-electron chi connectivity index (χ1n) is 10.6. The zero-order valence-electron chi connectivity index (χ0n) is 18.2. The van der Waals surface area contributed by atoms with E-state index in [1.807, 2.05) is 24.3 Å². The van der Waals surface area contributed by atoms with Gasteiger partial charge >= 0.3 is 13.8 Å². The minimum atomic E-state index is -4.65. The molecule has 0 aromatic heterocycles. The molecule has 0 aromatic carbocycles. The average Bonchev–Trinajstić information content (AvgIpc) is 2.72. The number of unbranched alkanes of at least 4 members (excludes halogenated alkanes) is 4. The Morgan fingerprint density at radius 1 is 1.00 bits per heavy atom. The fourth-order valence-corrected chi connectivity index (χ4v) is 2.87. The van der Waals surface area contributed by atoms with Crippen molar-refractivity contribution in [1.29, 1.82) is 0 Å². The highest BCUT2D eigenvalue weighted by Gasteiger charge is 2.17. The number of esters is 1. The third-order valence-electron chi connectivity index (χ3n) is 4.12. The molecule has 4 N–H and O–H groups in total. The number of rotatable bonds is 19. The molecule has 31 heavy (non-hydrogen) atoms. The summed E-state index contributed by atoms with van der Waals surface area (Å²) in [5.41, 5.74) is 0. The van der Waals surface area contributed by atoms with Gasteiger partial charge in [-0.15, -0.1) is 0 Å². The summed E-state index contributed by atoms with van der Waals surface area (Å²) in [6.07, 6.45) is 17.2. The van der Waals surface area contributed by atoms with E-state index in [0.29, 0.717) is 12.8 Å². The quantitative estimate of drug-likeness (QED) is 0.0423. The summed E-state index contributed by atoms with van der Waals surface area (Å²) in [5.74, 6) is -0.479. The standard InChI is InChI=1S/C21H37O9P/c1-2-3-4-5-6-8-11-14-20(30-24)15-12-9-7-10-13-16-21(23)28-17-19(22)18-29-31(25,26)27/h3-4,6,8,11,14,19-20,22,24H,2,5,7,9-10,12-13,15-18H2,1H3,(H2,25,26,27)/t19-,20?/m0/s1. The number of aliphatic hydroxyl groups is 1. The van der Waals surface area contributed by atoms with Crippen LogP contribution in [0, 0.1) is 0 Å². The molecule has 0 heterocycles. The molecule has 2 atom stereocenters. The normalized spacial score (nSPS) is 14.6. The lowest BCUT2D eigenvalue weighted by atomic mass is 10.1. The number of hydrogen-bond donors (Lipinski definition) is 4. The molecule has 0 saturated heterocycles. The number of carbonyl (C=O) groups is 1. The summed E-state index contributed by atoms with van der Waals surface area (Å²) in [4.78, 5) is 33.1. The van der Waals surface area contributed by atoms with Gasteiger partial charge in [-0.2, -0.15) is 0 Å². The number of allylic oxidation sites excluding steroid dienone is 5. The molecule has 9 nitrogen and oxygen atoms in total. The molecule has 180 valence electrons. The number of hydrogen-bond acceptors (Lipinski definition) is 7. The highest BCUT2D eigenvalue weighted by molar-refractivity contribution is 7.46. The van der Waals surface area contributed by atoms with Gasteiger partial charge in [0, 0.05) is 6.42 Å². The first-order chi connectivity index (χ1) is 14.8. The van der Waals surface area contributed by atoms with E-state index in [1.165, 1.54) is 0 Å². The molecule has 0 rings (SSSR count). The zero-order chi connectivity index (χ0) is 23.4. The second kappa shape index (κ2) is 19.4. The van der Waals surface area contributed by atoms with Gasteiger partial charge < -0.3 is 19.6 Å². The van der Waals surface area contributed by atoms with E-state index in [9.17, 15) is 14.5 Å². The summed E-state index contributed by atoms with van der Waals surface area (Å²) in [6.45, 7) is 1.10. The third kappa shape index (κ3) is 21.7. The van der Waals surface area contributed by atoms with Crippen molar-refractivity contribution < 1.29 is 43.7 Å². The average molecular weight is 464 g/mol. The topological polar surface area (TPSA) is 143 Å². The highest BCUT2D eigenvalue weighted by atomic mass is 31.2. The Bertz CT molecular complexity index is 583. The minimum Gasteiger partial charge on any atom is -0.463 e. The van der Waals surface area contributed by atoms with Gasteiger partial charge in [-0.05, 0) is 25.7 Å². The van der Waals surface area contributed by atoms with Crippen LogP contribution in [0.4, 0.5) is 0 Å². The van der Waals surface area contributed by atoms with Crippen molar-refractivity contribution in [3.05, 3.63) is 36.5 Å². The molecule has 0 aliphatic rings. The maximum atomic E-state index is 11.6. The lowest BCUT2D eigenvalue weighted by Crippen LogP contribution is -2.23. The van der Waals surface area contributed by atoms with E-state index in [4.69, 9.17) is 19.8 Å². The second-order valence-electron chi connectivity index (χ2n) is 7.00. The largest absolute Gasteiger partial charge is 0.469 e. The van der Waals surface area contributed by atoms with Crippen LogP contribution in [0.2, 0.25) is 0 Å². The van der Waals surface area contributed by atoms with Crippen LogP contribution in [0.25, 0.3) is 0 Å². The van der Waals surface area contributed by atoms with E-state index < -0.39 is 26.5 Å². The Hall–Kier alpha value is -1.32. The molecular weight excluding hydrogens is 427 g/mol. The van der Waals surface area contributed by atoms with Gasteiger partial charge in [0.15, 0.2) is 0 Å². The molecule has 0 fully saturated rings. The molecule has 0 spiro atoms. The second-order valence-corrected chi connectivity index (χ2v) is 8.24. The van der Waals surface area contributed by atoms with Crippen molar-refractivity contribution in [3.63, 3.8) is 0 Å². The molecular formula is C21H37O9P. The van der Waals surface area contributed by atoms with Crippen molar-refractivity contribution in [2.24, 2.45) is 0 Å². The lowest BCUT2D eigenvalue weighted by Gasteiger charge is -2.12. The van der Waals surface area contributed by atoms with Crippen molar-refractivity contribution >= 4 is 13.8 Å². The van der Waals surface area contributed by atoms with Gasteiger partial charge in [-0.25, -0.2) is 9.45 Å². The van der Waals surface area contributed by atoms with Crippen LogP contribution in [0.3, 0.4) is 0 Å². The van der Waals surface area contributed by atoms with Crippen molar-refractivity contribution in [2.45, 2.75) is 76.9 Å². The molecule has 0 aliphatic heterocycles. The number of carbonyl (C=O) groups excluding carboxylic acids is 1. The summed E-state index contributed by atoms with van der Waals surface area (Å²) in [6, 6.07) is 0. The van der Waals surface area contributed by atoms with E-state index in [1.54, 1.807) is 0 Å². The van der Waals surface area contributed by atoms with Crippen molar-refractivity contribution in [2.75, 3.05) is 13.2 Å². The Morgan fingerprint density at radius 2 is 1.71 bits per heavy atom. The van der Waals surface area contributed by atoms with Crippen LogP contribution in [-0.2, 0) is 23.5 Å². The maximum Gasteiger partial charge on any atom is 0.469 e. The summed E-state index contributed by atoms with van der Waals surface area (Å²) in [7, 11) is -4.65. The van der Waals surface area contributed by atoms with Crippen molar-refractivity contribution in [3.8, 4) is 0 Å². The molecule has 10 heteroatoms. The SMILES string of the molecule is CCC=CCC=CC=CC(CCCCCCCC(=O)OC[C@H](O)COP(=O)(O)O)OO. The fraction of sp³-hybridized carbons (Fsp3) is 0.667. The van der Waals surface area contributed by atoms with Gasteiger partial charge in [0.2, 0.25) is 0 Å². The molecule has 0 bridgehead atoms. The molecule has 0 amide bonds. The Kier molecular flexibility index (Phi) is 18.5. The molecule has 1 unspecified atom stereocenters. The summed E-state index contributed by atoms with van der Waals surface area (Å²) >= 11 is 0. The molecule has 0 saturated carbocycles. The number of phosphoric acid groups is 1. The van der Waals surface area contributed by atoms with Crippen molar-refractivity contribution in [1.82, 2.24) is 0 Å². The monoisotopic (exact) mass is 464 g/mol. The molecule has 0 aliphatic carbocycles. The van der Waals surface area contributed by atoms with E-state index in [2.05, 4.69) is 28.5 Å². The van der Waals surface area contributed by atoms with Crippen LogP contribution in [0.1, 0.15) is 64.7 Å². The minimum absolute atomic E-state index is 0.205. The smallest absolute Gasteiger partial charge is 0.463 e. The zero-order valence-corrected chi connectivity index (χ0v) is 19.1. The number of ether oxygens (including phenoxy) is 1. The lowest BCUT2D eigenvalue weighted by molar-refractivity contribution is -0.267. The Labute approximate surface area is 184 Å². The maximum absolute atomic E-state index is 11.6. The van der Waals surface area contributed by atoms with Gasteiger partial charge in [0.05, 0.1) is 6.61 Å². The van der Waals surface area contributed by atoms with Crippen LogP contribution < -0.4 is 0 Å². The Balaban J connectivity index is 3.72. The highest BCUT2D eigenvalue weighted by Crippen LogP contribution is 2.35. The first-order valence-corrected chi connectivity index (χ1v) is 12.1. The van der Waals surface area contributed by atoms with E-state index in [0.717, 1.165) is 38.5 Å². The van der Waals surface area contributed by atoms with Gasteiger partial charge in [0.1, 0.15) is 18.8 Å². The van der Waals surface area contributed by atoms with Crippen LogP contribution in [0.5, 0.6) is 0 Å². The Morgan fingerprint density at radius 3 is 2.39 bits per heavy atom. The summed E-state index contributed by atoms with van der Waals surface area (Å²) < 4.78 is 19.5. The van der Waals surface area contributed by atoms with Crippen LogP contribution in [-0.4, -0.2) is 51.5 Å². The third-order valence-corrected chi connectivity index (χ3v) is 4.61. The predicted octanol–water partition coefficient (Wildman–Crippen LogP) is 4.06. The van der Waals surface area contributed by atoms with Gasteiger partial charge in [-0.1, -0.05) is 69.1 Å². The van der Waals surface area contributed by atoms with E-state index in [-0.39, 0.29) is 19.1 Å². The van der Waals surface area contributed by atoms with Gasteiger partial charge in [-0.3, -0.25) is 14.6 Å². The van der Waals surface area contributed by atoms with Gasteiger partial charge in [0.25, 0.3) is 0 Å². The van der Waals surface area contributed by atoms with Crippen LogP contribution >= 0.6 is 7.82 Å². The molecule has 0 radical (unpaired) electrons. The molecule has 0 aromatic rings. The predicted molar refractivity (Wildman–Crippen MR) is 117 cm³/mol. The number of phosphoric ester groups is 1. The summed E-state index contributed by atoms with van der Waals surface area (Å²) in [5, 5.41) is 18.4. The van der Waals surface area contributed by atoms with Crippen LogP contribution in [0.15, 0.2) is 36.5 Å².